The fourth-order valence-corrected chi connectivity index (χ4v) is 5.48. The number of amides is 2. The first kappa shape index (κ1) is 25.6. The molecule has 1 aromatic carbocycles. The first-order valence-electron chi connectivity index (χ1n) is 12.7. The van der Waals surface area contributed by atoms with E-state index in [9.17, 15) is 19.5 Å². The molecule has 2 aromatic rings. The molecule has 194 valence electrons. The highest BCUT2D eigenvalue weighted by Crippen LogP contribution is 2.34. The molecule has 2 heterocycles. The highest BCUT2D eigenvalue weighted by molar-refractivity contribution is 5.98. The second-order valence-corrected chi connectivity index (χ2v) is 10.1. The first-order chi connectivity index (χ1) is 17.2. The van der Waals surface area contributed by atoms with Crippen molar-refractivity contribution < 1.29 is 14.7 Å². The minimum absolute atomic E-state index is 0.148. The molecule has 0 radical (unpaired) electrons. The van der Waals surface area contributed by atoms with Gasteiger partial charge in [-0.3, -0.25) is 9.59 Å². The van der Waals surface area contributed by atoms with Gasteiger partial charge in [-0.2, -0.15) is 0 Å². The van der Waals surface area contributed by atoms with Gasteiger partial charge in [0.25, 0.3) is 11.5 Å². The lowest BCUT2D eigenvalue weighted by Crippen LogP contribution is -2.48. The number of carboxylic acid groups (broad SMARTS) is 1. The molecule has 0 bridgehead atoms. The number of aryl methyl sites for hydroxylation is 2. The van der Waals surface area contributed by atoms with Crippen LogP contribution in [0.25, 0.3) is 0 Å². The van der Waals surface area contributed by atoms with E-state index in [2.05, 4.69) is 33.2 Å². The molecule has 1 aliphatic heterocycles. The van der Waals surface area contributed by atoms with Crippen molar-refractivity contribution in [3.05, 3.63) is 56.5 Å². The monoisotopic (exact) mass is 495 g/mol. The number of nitrogens with zero attached hydrogens (tertiary/aromatic N) is 3. The molecule has 2 amide bonds. The van der Waals surface area contributed by atoms with Crippen LogP contribution in [0.15, 0.2) is 23.0 Å². The van der Waals surface area contributed by atoms with Gasteiger partial charge in [-0.1, -0.05) is 12.8 Å². The Balaban J connectivity index is 1.63. The molecule has 36 heavy (non-hydrogen) atoms. The second-order valence-electron chi connectivity index (χ2n) is 10.1. The molecule has 4 rings (SSSR count). The molecule has 3 N–H and O–H groups in total. The third kappa shape index (κ3) is 5.34. The van der Waals surface area contributed by atoms with E-state index < -0.39 is 6.09 Å². The highest BCUT2D eigenvalue weighted by Gasteiger charge is 2.26. The van der Waals surface area contributed by atoms with E-state index in [-0.39, 0.29) is 18.0 Å². The average Bonchev–Trinajstić information content (AvgIpc) is 3.38. The largest absolute Gasteiger partial charge is 0.465 e. The number of aromatic amines is 1. The number of aromatic nitrogens is 1. The summed E-state index contributed by atoms with van der Waals surface area (Å²) < 4.78 is 0. The van der Waals surface area contributed by atoms with E-state index in [0.29, 0.717) is 43.3 Å². The van der Waals surface area contributed by atoms with Crippen molar-refractivity contribution in [2.75, 3.05) is 43.0 Å². The number of benzene rings is 1. The summed E-state index contributed by atoms with van der Waals surface area (Å²) in [6.45, 7) is 7.83. The Hall–Kier alpha value is -3.49. The number of anilines is 2. The first-order valence-corrected chi connectivity index (χ1v) is 12.7. The van der Waals surface area contributed by atoms with Gasteiger partial charge in [0.15, 0.2) is 0 Å². The van der Waals surface area contributed by atoms with Crippen molar-refractivity contribution in [2.24, 2.45) is 0 Å². The van der Waals surface area contributed by atoms with Crippen molar-refractivity contribution in [2.45, 2.75) is 59.0 Å². The predicted molar refractivity (Wildman–Crippen MR) is 141 cm³/mol. The molecular weight excluding hydrogens is 458 g/mol. The van der Waals surface area contributed by atoms with Crippen LogP contribution in [0.4, 0.5) is 16.2 Å². The van der Waals surface area contributed by atoms with Gasteiger partial charge >= 0.3 is 6.09 Å². The summed E-state index contributed by atoms with van der Waals surface area (Å²) in [5.41, 5.74) is 5.43. The summed E-state index contributed by atoms with van der Waals surface area (Å²) in [5.74, 6) is -0.223. The third-order valence-corrected chi connectivity index (χ3v) is 7.70. The van der Waals surface area contributed by atoms with Gasteiger partial charge in [0.1, 0.15) is 0 Å². The lowest BCUT2D eigenvalue weighted by atomic mass is 10.0. The number of hydrogen-bond donors (Lipinski definition) is 3. The fraction of sp³-hybridized carbons (Fsp3) is 0.519. The van der Waals surface area contributed by atoms with E-state index in [1.807, 2.05) is 32.9 Å². The van der Waals surface area contributed by atoms with Crippen LogP contribution < -0.4 is 20.7 Å². The number of rotatable bonds is 6. The molecule has 1 saturated heterocycles. The Kier molecular flexibility index (Phi) is 7.56. The molecule has 0 atom stereocenters. The maximum Gasteiger partial charge on any atom is 0.407 e. The fourth-order valence-electron chi connectivity index (χ4n) is 5.48. The molecule has 1 aliphatic carbocycles. The van der Waals surface area contributed by atoms with Gasteiger partial charge in [0.05, 0.1) is 0 Å². The molecule has 0 spiro atoms. The van der Waals surface area contributed by atoms with Crippen LogP contribution in [0.3, 0.4) is 0 Å². The minimum Gasteiger partial charge on any atom is -0.465 e. The van der Waals surface area contributed by atoms with E-state index >= 15 is 0 Å². The zero-order valence-electron chi connectivity index (χ0n) is 21.7. The Morgan fingerprint density at radius 2 is 1.75 bits per heavy atom. The Morgan fingerprint density at radius 3 is 2.36 bits per heavy atom. The summed E-state index contributed by atoms with van der Waals surface area (Å²) in [6, 6.07) is 6.38. The van der Waals surface area contributed by atoms with Crippen LogP contribution in [-0.2, 0) is 6.54 Å². The van der Waals surface area contributed by atoms with E-state index in [4.69, 9.17) is 0 Å². The number of pyridine rings is 1. The quantitative estimate of drug-likeness (QED) is 0.567. The van der Waals surface area contributed by atoms with E-state index in [0.717, 1.165) is 41.0 Å². The Morgan fingerprint density at radius 1 is 1.08 bits per heavy atom. The van der Waals surface area contributed by atoms with E-state index in [1.165, 1.54) is 17.7 Å². The van der Waals surface area contributed by atoms with Crippen LogP contribution in [0.1, 0.15) is 58.4 Å². The lowest BCUT2D eigenvalue weighted by Gasteiger charge is -2.36. The van der Waals surface area contributed by atoms with Crippen molar-refractivity contribution in [1.29, 1.82) is 0 Å². The second kappa shape index (κ2) is 10.6. The number of H-pyrrole nitrogens is 1. The standard InChI is InChI=1S/C27H37N5O4/c1-17-13-18(2)29-26(34)23(17)16-28-25(33)22-14-21(31-9-11-32(12-10-31)27(35)36)15-24(19(22)3)30(4)20-7-5-6-8-20/h13-15,20H,5-12,16H2,1-4H3,(H,28,33)(H,29,34)(H,35,36). The molecule has 1 aromatic heterocycles. The van der Waals surface area contributed by atoms with Gasteiger partial charge in [0, 0.05) is 74.0 Å². The molecule has 0 unspecified atom stereocenters. The minimum atomic E-state index is -0.901. The summed E-state index contributed by atoms with van der Waals surface area (Å²) in [7, 11) is 2.10. The predicted octanol–water partition coefficient (Wildman–Crippen LogP) is 3.41. The van der Waals surface area contributed by atoms with Crippen LogP contribution in [0.5, 0.6) is 0 Å². The molecule has 1 saturated carbocycles. The van der Waals surface area contributed by atoms with Crippen LogP contribution in [0, 0.1) is 20.8 Å². The summed E-state index contributed by atoms with van der Waals surface area (Å²) in [5, 5.41) is 12.3. The van der Waals surface area contributed by atoms with Crippen LogP contribution in [0.2, 0.25) is 0 Å². The van der Waals surface area contributed by atoms with Gasteiger partial charge in [0.2, 0.25) is 0 Å². The molecular formula is C27H37N5O4. The maximum absolute atomic E-state index is 13.5. The van der Waals surface area contributed by atoms with Crippen molar-refractivity contribution in [3.63, 3.8) is 0 Å². The van der Waals surface area contributed by atoms with Gasteiger partial charge < -0.3 is 30.1 Å². The summed E-state index contributed by atoms with van der Waals surface area (Å²) in [4.78, 5) is 45.9. The highest BCUT2D eigenvalue weighted by atomic mass is 16.4. The van der Waals surface area contributed by atoms with E-state index in [1.54, 1.807) is 0 Å². The third-order valence-electron chi connectivity index (χ3n) is 7.70. The van der Waals surface area contributed by atoms with Gasteiger partial charge in [-0.25, -0.2) is 4.79 Å². The Labute approximate surface area is 212 Å². The number of nitrogens with one attached hydrogen (secondary N) is 2. The Bertz CT molecular complexity index is 1190. The van der Waals surface area contributed by atoms with Crippen LogP contribution in [-0.4, -0.2) is 66.3 Å². The summed E-state index contributed by atoms with van der Waals surface area (Å²) in [6.07, 6.45) is 3.79. The van der Waals surface area contributed by atoms with Gasteiger partial charge in [-0.05, 0) is 62.9 Å². The number of hydrogen-bond acceptors (Lipinski definition) is 5. The topological polar surface area (TPSA) is 109 Å². The number of carbonyl (C=O) groups is 2. The average molecular weight is 496 g/mol. The normalized spacial score (nSPS) is 16.3. The number of carbonyl (C=O) groups excluding carboxylic acids is 1. The zero-order valence-corrected chi connectivity index (χ0v) is 21.7. The smallest absolute Gasteiger partial charge is 0.407 e. The van der Waals surface area contributed by atoms with Gasteiger partial charge in [-0.15, -0.1) is 0 Å². The van der Waals surface area contributed by atoms with Crippen molar-refractivity contribution in [1.82, 2.24) is 15.2 Å². The number of piperazine rings is 1. The van der Waals surface area contributed by atoms with Crippen LogP contribution >= 0.6 is 0 Å². The molecule has 2 aliphatic rings. The molecule has 2 fully saturated rings. The molecule has 9 nitrogen and oxygen atoms in total. The zero-order chi connectivity index (χ0) is 26.0. The van der Waals surface area contributed by atoms with Crippen molar-refractivity contribution in [3.8, 4) is 0 Å². The SMILES string of the molecule is Cc1cc(C)c(CNC(=O)c2cc(N3CCN(C(=O)O)CC3)cc(N(C)C3CCCC3)c2C)c(=O)[nH]1. The lowest BCUT2D eigenvalue weighted by molar-refractivity contribution is 0.0950. The maximum atomic E-state index is 13.5. The van der Waals surface area contributed by atoms with Crippen molar-refractivity contribution >= 4 is 23.4 Å². The summed E-state index contributed by atoms with van der Waals surface area (Å²) >= 11 is 0. The molecule has 9 heteroatoms.